The Kier molecular flexibility index (Phi) is 28.9. The van der Waals surface area contributed by atoms with E-state index in [1.165, 1.54) is 12.1 Å². The van der Waals surface area contributed by atoms with Crippen LogP contribution in [0.15, 0.2) is 24.3 Å². The minimum atomic E-state index is -1.46. The molecular weight excluding hydrogens is 638 g/mol. The fourth-order valence-corrected chi connectivity index (χ4v) is 4.07. The Morgan fingerprint density at radius 1 is 0.447 bits per heavy atom. The summed E-state index contributed by atoms with van der Waals surface area (Å²) in [6, 6.07) is 5.91. The van der Waals surface area contributed by atoms with E-state index >= 15 is 0 Å². The molecule has 0 fully saturated rings. The van der Waals surface area contributed by atoms with Gasteiger partial charge in [0.2, 0.25) is 0 Å². The van der Waals surface area contributed by atoms with Crippen molar-refractivity contribution < 1.29 is 61.5 Å². The SMILES string of the molecule is C[Si](C)(C)OCCOCCOCCOCCOCCOCCOCCOCCOCCOCCOCCOc1ccc([N+](=O)[O-])cc1. The Balaban J connectivity index is 1.65. The lowest BCUT2D eigenvalue weighted by atomic mass is 10.3. The second kappa shape index (κ2) is 31.5. The van der Waals surface area contributed by atoms with Gasteiger partial charge in [0, 0.05) is 12.1 Å². The molecule has 0 unspecified atom stereocenters. The Morgan fingerprint density at radius 3 is 0.957 bits per heavy atom. The average molecular weight is 696 g/mol. The smallest absolute Gasteiger partial charge is 0.269 e. The van der Waals surface area contributed by atoms with Crippen molar-refractivity contribution >= 4 is 14.0 Å². The van der Waals surface area contributed by atoms with E-state index in [4.69, 9.17) is 56.5 Å². The molecule has 1 aromatic carbocycles. The van der Waals surface area contributed by atoms with Crippen LogP contribution in [0.1, 0.15) is 0 Å². The Hall–Kier alpha value is -1.80. The number of ether oxygens (including phenoxy) is 11. The number of non-ortho nitro benzene ring substituents is 1. The van der Waals surface area contributed by atoms with Crippen LogP contribution < -0.4 is 4.74 Å². The molecule has 0 saturated carbocycles. The van der Waals surface area contributed by atoms with E-state index in [1.807, 2.05) is 0 Å². The van der Waals surface area contributed by atoms with Gasteiger partial charge in [0.05, 0.1) is 144 Å². The monoisotopic (exact) mass is 695 g/mol. The summed E-state index contributed by atoms with van der Waals surface area (Å²) in [4.78, 5) is 10.2. The average Bonchev–Trinajstić information content (AvgIpc) is 3.04. The summed E-state index contributed by atoms with van der Waals surface area (Å²) in [6.07, 6.45) is 0. The van der Waals surface area contributed by atoms with Crippen LogP contribution in [-0.4, -0.2) is 159 Å². The highest BCUT2D eigenvalue weighted by Crippen LogP contribution is 2.17. The molecule has 1 aromatic rings. The van der Waals surface area contributed by atoms with Crippen molar-refractivity contribution in [3.8, 4) is 5.75 Å². The molecule has 0 amide bonds. The molecule has 0 aliphatic heterocycles. The molecule has 0 aliphatic rings. The summed E-state index contributed by atoms with van der Waals surface area (Å²) in [5.74, 6) is 0.557. The second-order valence-electron chi connectivity index (χ2n) is 10.7. The molecule has 0 atom stereocenters. The molecule has 0 N–H and O–H groups in total. The van der Waals surface area contributed by atoms with Gasteiger partial charge >= 0.3 is 0 Å². The quantitative estimate of drug-likeness (QED) is 0.0437. The third-order valence-electron chi connectivity index (χ3n) is 5.65. The molecular formula is C31H57NO14Si. The minimum Gasteiger partial charge on any atom is -0.491 e. The first kappa shape index (κ1) is 43.2. The van der Waals surface area contributed by atoms with E-state index in [0.29, 0.717) is 151 Å². The van der Waals surface area contributed by atoms with Gasteiger partial charge in [0.1, 0.15) is 12.4 Å². The largest absolute Gasteiger partial charge is 0.491 e. The first-order valence-corrected chi connectivity index (χ1v) is 19.6. The highest BCUT2D eigenvalue weighted by atomic mass is 28.4. The van der Waals surface area contributed by atoms with Crippen LogP contribution in [0.2, 0.25) is 19.6 Å². The van der Waals surface area contributed by atoms with Crippen LogP contribution in [0.3, 0.4) is 0 Å². The minimum absolute atomic E-state index is 0.0260. The zero-order valence-electron chi connectivity index (χ0n) is 28.5. The van der Waals surface area contributed by atoms with Crippen molar-refractivity contribution in [1.29, 1.82) is 0 Å². The third-order valence-corrected chi connectivity index (χ3v) is 6.72. The fourth-order valence-electron chi connectivity index (χ4n) is 3.37. The highest BCUT2D eigenvalue weighted by molar-refractivity contribution is 6.69. The van der Waals surface area contributed by atoms with Gasteiger partial charge in [-0.05, 0) is 31.8 Å². The van der Waals surface area contributed by atoms with Gasteiger partial charge < -0.3 is 56.5 Å². The standard InChI is InChI=1S/C31H57NO14Si/c1-47(2,3)46-29-27-44-25-23-42-21-19-40-17-15-38-13-11-36-9-8-35-10-12-37-14-16-39-18-20-41-22-24-43-26-28-45-31-6-4-30(5-7-31)32(33)34/h4-7H,8-29H2,1-3H3. The number of benzene rings is 1. The zero-order valence-corrected chi connectivity index (χ0v) is 29.5. The maximum Gasteiger partial charge on any atom is 0.269 e. The molecule has 0 aromatic heterocycles. The van der Waals surface area contributed by atoms with Crippen LogP contribution in [0.4, 0.5) is 5.69 Å². The molecule has 47 heavy (non-hydrogen) atoms. The van der Waals surface area contributed by atoms with E-state index in [-0.39, 0.29) is 5.69 Å². The van der Waals surface area contributed by atoms with Gasteiger partial charge in [-0.25, -0.2) is 0 Å². The molecule has 0 spiro atoms. The molecule has 274 valence electrons. The third kappa shape index (κ3) is 31.2. The van der Waals surface area contributed by atoms with Gasteiger partial charge in [-0.1, -0.05) is 0 Å². The number of hydrogen-bond donors (Lipinski definition) is 0. The normalized spacial score (nSPS) is 11.7. The maximum atomic E-state index is 10.6. The summed E-state index contributed by atoms with van der Waals surface area (Å²) in [5, 5.41) is 10.6. The lowest BCUT2D eigenvalue weighted by molar-refractivity contribution is -0.384. The number of nitro groups is 1. The lowest BCUT2D eigenvalue weighted by Crippen LogP contribution is -2.27. The fraction of sp³-hybridized carbons (Fsp3) is 0.806. The molecule has 0 heterocycles. The van der Waals surface area contributed by atoms with Gasteiger partial charge in [0.15, 0.2) is 8.32 Å². The van der Waals surface area contributed by atoms with E-state index in [1.54, 1.807) is 12.1 Å². The van der Waals surface area contributed by atoms with Crippen LogP contribution in [0.5, 0.6) is 5.75 Å². The van der Waals surface area contributed by atoms with Gasteiger partial charge in [-0.3, -0.25) is 10.1 Å². The first-order valence-electron chi connectivity index (χ1n) is 16.2. The van der Waals surface area contributed by atoms with Gasteiger partial charge in [0.25, 0.3) is 5.69 Å². The summed E-state index contributed by atoms with van der Waals surface area (Å²) in [6.45, 7) is 17.4. The van der Waals surface area contributed by atoms with Gasteiger partial charge in [-0.15, -0.1) is 0 Å². The highest BCUT2D eigenvalue weighted by Gasteiger charge is 2.13. The number of nitro benzene ring substituents is 1. The molecule has 0 aliphatic carbocycles. The summed E-state index contributed by atoms with van der Waals surface area (Å²) < 4.78 is 65.8. The Bertz CT molecular complexity index is 831. The molecule has 15 nitrogen and oxygen atoms in total. The summed E-state index contributed by atoms with van der Waals surface area (Å²) in [7, 11) is -1.46. The lowest BCUT2D eigenvalue weighted by Gasteiger charge is -2.16. The van der Waals surface area contributed by atoms with Crippen molar-refractivity contribution in [2.24, 2.45) is 0 Å². The van der Waals surface area contributed by atoms with Crippen molar-refractivity contribution in [2.45, 2.75) is 19.6 Å². The topological polar surface area (TPSA) is 154 Å². The number of nitrogens with zero attached hydrogens (tertiary/aromatic N) is 1. The van der Waals surface area contributed by atoms with E-state index < -0.39 is 13.2 Å². The Labute approximate surface area is 280 Å². The van der Waals surface area contributed by atoms with Gasteiger partial charge in [-0.2, -0.15) is 0 Å². The predicted octanol–water partition coefficient (Wildman–Crippen LogP) is 2.99. The van der Waals surface area contributed by atoms with Crippen LogP contribution in [0, 0.1) is 10.1 Å². The summed E-state index contributed by atoms with van der Waals surface area (Å²) >= 11 is 0. The van der Waals surface area contributed by atoms with Crippen molar-refractivity contribution in [3.63, 3.8) is 0 Å². The molecule has 16 heteroatoms. The van der Waals surface area contributed by atoms with Crippen molar-refractivity contribution in [1.82, 2.24) is 0 Å². The molecule has 0 radical (unpaired) electrons. The van der Waals surface area contributed by atoms with E-state index in [0.717, 1.165) is 0 Å². The second-order valence-corrected chi connectivity index (χ2v) is 15.2. The molecule has 0 bridgehead atoms. The Morgan fingerprint density at radius 2 is 0.702 bits per heavy atom. The van der Waals surface area contributed by atoms with E-state index in [9.17, 15) is 10.1 Å². The van der Waals surface area contributed by atoms with E-state index in [2.05, 4.69) is 19.6 Å². The maximum absolute atomic E-state index is 10.6. The van der Waals surface area contributed by atoms with Crippen LogP contribution in [0.25, 0.3) is 0 Å². The van der Waals surface area contributed by atoms with Crippen LogP contribution in [-0.2, 0) is 51.8 Å². The van der Waals surface area contributed by atoms with Crippen molar-refractivity contribution in [2.75, 3.05) is 145 Å². The number of hydrogen-bond acceptors (Lipinski definition) is 14. The molecule has 1 rings (SSSR count). The number of rotatable bonds is 36. The van der Waals surface area contributed by atoms with Crippen LogP contribution >= 0.6 is 0 Å². The zero-order chi connectivity index (χ0) is 34.1. The predicted molar refractivity (Wildman–Crippen MR) is 176 cm³/mol. The first-order chi connectivity index (χ1) is 22.9. The van der Waals surface area contributed by atoms with Crippen molar-refractivity contribution in [3.05, 3.63) is 34.4 Å². The summed E-state index contributed by atoms with van der Waals surface area (Å²) in [5.41, 5.74) is 0.0260. The molecule has 0 saturated heterocycles.